The molecule has 4 nitrogen and oxygen atoms in total. The van der Waals surface area contributed by atoms with E-state index >= 15 is 0 Å². The van der Waals surface area contributed by atoms with Gasteiger partial charge in [0.05, 0.1) is 6.61 Å². The predicted octanol–water partition coefficient (Wildman–Crippen LogP) is 3.75. The van der Waals surface area contributed by atoms with Crippen LogP contribution in [0.3, 0.4) is 0 Å². The van der Waals surface area contributed by atoms with Crippen LogP contribution in [0.25, 0.3) is 0 Å². The first-order chi connectivity index (χ1) is 11.5. The number of aromatic nitrogens is 1. The van der Waals surface area contributed by atoms with Crippen LogP contribution in [-0.2, 0) is 17.7 Å². The topological polar surface area (TPSA) is 42.4 Å². The minimum absolute atomic E-state index is 0.271. The molecule has 0 radical (unpaired) electrons. The van der Waals surface area contributed by atoms with E-state index in [1.54, 1.807) is 19.2 Å². The Morgan fingerprint density at radius 3 is 2.67 bits per heavy atom. The summed E-state index contributed by atoms with van der Waals surface area (Å²) in [6.45, 7) is 3.05. The number of pyridine rings is 1. The third-order valence-corrected chi connectivity index (χ3v) is 4.27. The lowest BCUT2D eigenvalue weighted by atomic mass is 10.0. The van der Waals surface area contributed by atoms with Gasteiger partial charge >= 0.3 is 5.97 Å². The highest BCUT2D eigenvalue weighted by Gasteiger charge is 2.21. The quantitative estimate of drug-likeness (QED) is 0.623. The third-order valence-electron chi connectivity index (χ3n) is 3.91. The number of anilines is 1. The normalized spacial score (nSPS) is 13.6. The maximum Gasteiger partial charge on any atom is 0.356 e. The summed E-state index contributed by atoms with van der Waals surface area (Å²) in [5.41, 5.74) is 2.59. The van der Waals surface area contributed by atoms with Crippen molar-refractivity contribution in [3.05, 3.63) is 57.9 Å². The van der Waals surface area contributed by atoms with Gasteiger partial charge in [0.15, 0.2) is 0 Å². The monoisotopic (exact) mass is 352 g/mol. The van der Waals surface area contributed by atoms with E-state index in [0.717, 1.165) is 11.1 Å². The molecule has 7 heteroatoms. The van der Waals surface area contributed by atoms with E-state index in [0.29, 0.717) is 31.8 Å². The zero-order valence-corrected chi connectivity index (χ0v) is 13.7. The van der Waals surface area contributed by atoms with Crippen molar-refractivity contribution in [1.29, 1.82) is 0 Å². The minimum Gasteiger partial charge on any atom is -0.461 e. The van der Waals surface area contributed by atoms with Crippen molar-refractivity contribution < 1.29 is 18.3 Å². The van der Waals surface area contributed by atoms with Crippen molar-refractivity contribution in [3.63, 3.8) is 0 Å². The number of hydrogen-bond acceptors (Lipinski definition) is 4. The number of hydrogen-bond donors (Lipinski definition) is 0. The van der Waals surface area contributed by atoms with Crippen LogP contribution in [0.5, 0.6) is 0 Å². The smallest absolute Gasteiger partial charge is 0.356 e. The van der Waals surface area contributed by atoms with Crippen molar-refractivity contribution >= 4 is 23.3 Å². The first-order valence-corrected chi connectivity index (χ1v) is 7.91. The molecule has 0 unspecified atom stereocenters. The maximum atomic E-state index is 13.6. The Kier molecular flexibility index (Phi) is 4.66. The number of nitrogens with zero attached hydrogens (tertiary/aromatic N) is 2. The number of ether oxygens (including phenoxy) is 1. The van der Waals surface area contributed by atoms with Gasteiger partial charge in [-0.1, -0.05) is 11.6 Å². The minimum atomic E-state index is -0.784. The zero-order valence-electron chi connectivity index (χ0n) is 13.0. The Labute approximate surface area is 143 Å². The summed E-state index contributed by atoms with van der Waals surface area (Å²) in [7, 11) is 0. The van der Waals surface area contributed by atoms with Gasteiger partial charge in [-0.25, -0.2) is 18.6 Å². The molecule has 1 aromatic heterocycles. The van der Waals surface area contributed by atoms with Gasteiger partial charge in [-0.3, -0.25) is 0 Å². The molecular formula is C17H15ClF2N2O2. The number of esters is 1. The molecule has 1 aromatic carbocycles. The van der Waals surface area contributed by atoms with Crippen molar-refractivity contribution in [2.75, 3.05) is 18.1 Å². The second-order valence-electron chi connectivity index (χ2n) is 5.45. The zero-order chi connectivity index (χ0) is 17.3. The fourth-order valence-electron chi connectivity index (χ4n) is 2.70. The van der Waals surface area contributed by atoms with Gasteiger partial charge in [0.1, 0.15) is 22.4 Å². The summed E-state index contributed by atoms with van der Waals surface area (Å²) in [6.07, 6.45) is 2.24. The predicted molar refractivity (Wildman–Crippen MR) is 86.3 cm³/mol. The number of halogens is 3. The van der Waals surface area contributed by atoms with Gasteiger partial charge in [-0.15, -0.1) is 0 Å². The highest BCUT2D eigenvalue weighted by Crippen LogP contribution is 2.29. The van der Waals surface area contributed by atoms with E-state index in [2.05, 4.69) is 4.98 Å². The summed E-state index contributed by atoms with van der Waals surface area (Å²) < 4.78 is 32.2. The standard InChI is InChI=1S/C17H15ClF2N2O2/c1-2-24-17(23)15-5-10-3-4-22(9-11(10)8-21-15)12-6-13(19)16(18)14(20)7-12/h5-8H,2-4,9H2,1H3. The summed E-state index contributed by atoms with van der Waals surface area (Å²) in [4.78, 5) is 17.7. The summed E-state index contributed by atoms with van der Waals surface area (Å²) >= 11 is 5.52. The Morgan fingerprint density at radius 1 is 1.29 bits per heavy atom. The molecule has 0 aliphatic carbocycles. The van der Waals surface area contributed by atoms with Crippen molar-refractivity contribution in [2.45, 2.75) is 19.9 Å². The second kappa shape index (κ2) is 6.73. The van der Waals surface area contributed by atoms with Crippen molar-refractivity contribution in [2.24, 2.45) is 0 Å². The van der Waals surface area contributed by atoms with Crippen LogP contribution in [0.1, 0.15) is 28.5 Å². The molecule has 0 spiro atoms. The van der Waals surface area contributed by atoms with Gasteiger partial charge in [0.2, 0.25) is 0 Å². The van der Waals surface area contributed by atoms with E-state index in [1.165, 1.54) is 12.1 Å². The van der Waals surface area contributed by atoms with Crippen LogP contribution >= 0.6 is 11.6 Å². The SMILES string of the molecule is CCOC(=O)c1cc2c(cn1)CN(c1cc(F)c(Cl)c(F)c1)CC2. The van der Waals surface area contributed by atoms with Crippen LogP contribution in [0.2, 0.25) is 5.02 Å². The second-order valence-corrected chi connectivity index (χ2v) is 5.83. The van der Waals surface area contributed by atoms with E-state index in [1.807, 2.05) is 4.90 Å². The summed E-state index contributed by atoms with van der Waals surface area (Å²) in [6, 6.07) is 4.15. The number of carbonyl (C=O) groups is 1. The van der Waals surface area contributed by atoms with Crippen LogP contribution in [0.15, 0.2) is 24.4 Å². The lowest BCUT2D eigenvalue weighted by molar-refractivity contribution is 0.0519. The Morgan fingerprint density at radius 2 is 2.00 bits per heavy atom. The molecule has 24 heavy (non-hydrogen) atoms. The molecule has 1 aliphatic heterocycles. The average Bonchev–Trinajstić information content (AvgIpc) is 2.58. The highest BCUT2D eigenvalue weighted by molar-refractivity contribution is 6.30. The molecule has 2 heterocycles. The molecule has 2 aromatic rings. The van der Waals surface area contributed by atoms with Gasteiger partial charge < -0.3 is 9.64 Å². The summed E-state index contributed by atoms with van der Waals surface area (Å²) in [5.74, 6) is -2.02. The lowest BCUT2D eigenvalue weighted by Crippen LogP contribution is -2.31. The van der Waals surface area contributed by atoms with E-state index in [9.17, 15) is 13.6 Å². The molecular weight excluding hydrogens is 338 g/mol. The molecule has 0 N–H and O–H groups in total. The Hall–Kier alpha value is -2.21. The van der Waals surface area contributed by atoms with E-state index < -0.39 is 22.6 Å². The first kappa shape index (κ1) is 16.6. The number of benzene rings is 1. The molecule has 1 aliphatic rings. The molecule has 0 saturated carbocycles. The molecule has 0 atom stereocenters. The molecule has 0 saturated heterocycles. The largest absolute Gasteiger partial charge is 0.461 e. The molecule has 0 fully saturated rings. The number of fused-ring (bicyclic) bond motifs is 1. The number of carbonyl (C=O) groups excluding carboxylic acids is 1. The van der Waals surface area contributed by atoms with Crippen molar-refractivity contribution in [1.82, 2.24) is 4.98 Å². The third kappa shape index (κ3) is 3.19. The summed E-state index contributed by atoms with van der Waals surface area (Å²) in [5, 5.41) is -0.503. The lowest BCUT2D eigenvalue weighted by Gasteiger charge is -2.30. The van der Waals surface area contributed by atoms with Gasteiger partial charge in [0.25, 0.3) is 0 Å². The van der Waals surface area contributed by atoms with E-state index in [4.69, 9.17) is 16.3 Å². The van der Waals surface area contributed by atoms with Crippen LogP contribution < -0.4 is 4.90 Å². The number of rotatable bonds is 3. The first-order valence-electron chi connectivity index (χ1n) is 7.54. The highest BCUT2D eigenvalue weighted by atomic mass is 35.5. The molecule has 0 amide bonds. The van der Waals surface area contributed by atoms with Crippen LogP contribution in [0.4, 0.5) is 14.5 Å². The van der Waals surface area contributed by atoms with Crippen LogP contribution in [-0.4, -0.2) is 24.1 Å². The molecule has 0 bridgehead atoms. The Balaban J connectivity index is 1.84. The van der Waals surface area contributed by atoms with Crippen LogP contribution in [0, 0.1) is 11.6 Å². The molecule has 3 rings (SSSR count). The maximum absolute atomic E-state index is 13.6. The molecule has 126 valence electrons. The van der Waals surface area contributed by atoms with Gasteiger partial charge in [0, 0.05) is 25.0 Å². The van der Waals surface area contributed by atoms with Crippen molar-refractivity contribution in [3.8, 4) is 0 Å². The van der Waals surface area contributed by atoms with Gasteiger partial charge in [-0.05, 0) is 42.7 Å². The average molecular weight is 353 g/mol. The fourth-order valence-corrected chi connectivity index (χ4v) is 2.81. The Bertz CT molecular complexity index is 775. The fraction of sp³-hybridized carbons (Fsp3) is 0.294. The van der Waals surface area contributed by atoms with E-state index in [-0.39, 0.29) is 5.69 Å². The van der Waals surface area contributed by atoms with Gasteiger partial charge in [-0.2, -0.15) is 0 Å².